The van der Waals surface area contributed by atoms with Crippen LogP contribution in [0, 0.1) is 20.8 Å². The van der Waals surface area contributed by atoms with Gasteiger partial charge in [0, 0.05) is 16.8 Å². The second-order valence-electron chi connectivity index (χ2n) is 6.92. The number of carbonyl (C=O) groups is 2. The number of amides is 1. The van der Waals surface area contributed by atoms with Gasteiger partial charge in [-0.15, -0.1) is 11.3 Å². The molecule has 144 valence electrons. The average molecular weight is 394 g/mol. The first kappa shape index (κ1) is 19.8. The summed E-state index contributed by atoms with van der Waals surface area (Å²) in [5.74, 6) is 0.725. The summed E-state index contributed by atoms with van der Waals surface area (Å²) >= 11 is 1.38. The van der Waals surface area contributed by atoms with Crippen molar-refractivity contribution < 1.29 is 14.3 Å². The number of benzene rings is 2. The fourth-order valence-corrected chi connectivity index (χ4v) is 3.89. The van der Waals surface area contributed by atoms with E-state index in [-0.39, 0.29) is 11.7 Å². The van der Waals surface area contributed by atoms with E-state index in [1.807, 2.05) is 25.3 Å². The molecule has 2 aromatic carbocycles. The fraction of sp³-hybridized carbons (Fsp3) is 0.217. The Morgan fingerprint density at radius 2 is 1.64 bits per heavy atom. The number of aryl methyl sites for hydroxylation is 3. The van der Waals surface area contributed by atoms with Gasteiger partial charge in [-0.25, -0.2) is 0 Å². The van der Waals surface area contributed by atoms with E-state index >= 15 is 0 Å². The number of nitrogens with one attached hydrogen (secondary N) is 1. The van der Waals surface area contributed by atoms with E-state index in [1.54, 1.807) is 24.3 Å². The molecule has 3 aromatic rings. The summed E-state index contributed by atoms with van der Waals surface area (Å²) in [6.07, 6.45) is 0. The number of rotatable bonds is 6. The number of hydrogen-bond acceptors (Lipinski definition) is 4. The molecule has 0 unspecified atom stereocenters. The average Bonchev–Trinajstić information content (AvgIpc) is 3.10. The Morgan fingerprint density at radius 3 is 2.25 bits per heavy atom. The predicted octanol–water partition coefficient (Wildman–Crippen LogP) is 5.71. The molecule has 0 aliphatic carbocycles. The highest BCUT2D eigenvalue weighted by Gasteiger charge is 2.11. The van der Waals surface area contributed by atoms with E-state index in [4.69, 9.17) is 4.74 Å². The SMILES string of the molecule is CC(=O)c1ccc(NC(=O)c2cc(COc3c(C)cc(C)cc3C)cs2)cc1. The summed E-state index contributed by atoms with van der Waals surface area (Å²) in [5.41, 5.74) is 5.68. The van der Waals surface area contributed by atoms with Crippen molar-refractivity contribution in [1.29, 1.82) is 0 Å². The van der Waals surface area contributed by atoms with E-state index in [9.17, 15) is 9.59 Å². The number of carbonyl (C=O) groups excluding carboxylic acids is 2. The van der Waals surface area contributed by atoms with Gasteiger partial charge in [0.05, 0.1) is 4.88 Å². The first-order valence-electron chi connectivity index (χ1n) is 9.04. The molecule has 0 atom stereocenters. The van der Waals surface area contributed by atoms with Crippen molar-refractivity contribution in [3.63, 3.8) is 0 Å². The van der Waals surface area contributed by atoms with Gasteiger partial charge < -0.3 is 10.1 Å². The third-order valence-electron chi connectivity index (χ3n) is 4.41. The first-order chi connectivity index (χ1) is 13.3. The van der Waals surface area contributed by atoms with Crippen molar-refractivity contribution in [3.8, 4) is 5.75 Å². The van der Waals surface area contributed by atoms with Gasteiger partial charge in [-0.05, 0) is 74.5 Å². The molecule has 1 heterocycles. The molecule has 0 radical (unpaired) electrons. The largest absolute Gasteiger partial charge is 0.488 e. The second kappa shape index (κ2) is 8.40. The van der Waals surface area contributed by atoms with Crippen LogP contribution in [0.2, 0.25) is 0 Å². The molecular formula is C23H23NO3S. The maximum atomic E-state index is 12.5. The maximum Gasteiger partial charge on any atom is 0.265 e. The Hall–Kier alpha value is -2.92. The minimum Gasteiger partial charge on any atom is -0.488 e. The lowest BCUT2D eigenvalue weighted by molar-refractivity contribution is 0.101. The highest BCUT2D eigenvalue weighted by atomic mass is 32.1. The van der Waals surface area contributed by atoms with Crippen LogP contribution in [0.4, 0.5) is 5.69 Å². The van der Waals surface area contributed by atoms with Gasteiger partial charge in [-0.2, -0.15) is 0 Å². The van der Waals surface area contributed by atoms with Gasteiger partial charge in [-0.1, -0.05) is 17.7 Å². The number of ketones is 1. The number of ether oxygens (including phenoxy) is 1. The number of Topliss-reactive ketones (excluding diaryl/α,β-unsaturated/α-hetero) is 1. The summed E-state index contributed by atoms with van der Waals surface area (Å²) in [6.45, 7) is 8.09. The Bertz CT molecular complexity index is 996. The third-order valence-corrected chi connectivity index (χ3v) is 5.39. The quantitative estimate of drug-likeness (QED) is 0.546. The van der Waals surface area contributed by atoms with Crippen LogP contribution in [-0.2, 0) is 6.61 Å². The zero-order valence-electron chi connectivity index (χ0n) is 16.5. The zero-order chi connectivity index (χ0) is 20.3. The summed E-state index contributed by atoms with van der Waals surface area (Å²) < 4.78 is 6.00. The lowest BCUT2D eigenvalue weighted by Crippen LogP contribution is -2.10. The molecule has 0 saturated heterocycles. The first-order valence-corrected chi connectivity index (χ1v) is 9.92. The van der Waals surface area contributed by atoms with E-state index in [0.717, 1.165) is 22.4 Å². The lowest BCUT2D eigenvalue weighted by atomic mass is 10.1. The standard InChI is InChI=1S/C23H23NO3S/c1-14-9-15(2)22(16(3)10-14)27-12-18-11-21(28-13-18)23(26)24-20-7-5-19(6-8-20)17(4)25/h5-11,13H,12H2,1-4H3,(H,24,26). The van der Waals surface area contributed by atoms with Crippen LogP contribution in [0.5, 0.6) is 5.75 Å². The summed E-state index contributed by atoms with van der Waals surface area (Å²) in [5, 5.41) is 4.79. The fourth-order valence-electron chi connectivity index (χ4n) is 3.10. The Balaban J connectivity index is 1.63. The Morgan fingerprint density at radius 1 is 1.00 bits per heavy atom. The Labute approximate surface area is 169 Å². The molecule has 4 nitrogen and oxygen atoms in total. The molecule has 1 amide bonds. The topological polar surface area (TPSA) is 55.4 Å². The predicted molar refractivity (Wildman–Crippen MR) is 114 cm³/mol. The minimum atomic E-state index is -0.172. The van der Waals surface area contributed by atoms with Gasteiger partial charge >= 0.3 is 0 Å². The van der Waals surface area contributed by atoms with Gasteiger partial charge in [0.25, 0.3) is 5.91 Å². The molecule has 0 spiro atoms. The van der Waals surface area contributed by atoms with Gasteiger partial charge in [0.15, 0.2) is 5.78 Å². The summed E-state index contributed by atoms with van der Waals surface area (Å²) in [7, 11) is 0. The van der Waals surface area contributed by atoms with E-state index in [2.05, 4.69) is 24.4 Å². The van der Waals surface area contributed by atoms with Crippen LogP contribution < -0.4 is 10.1 Å². The van der Waals surface area contributed by atoms with Crippen molar-refractivity contribution >= 4 is 28.7 Å². The minimum absolute atomic E-state index is 0.000162. The monoisotopic (exact) mass is 393 g/mol. The van der Waals surface area contributed by atoms with Crippen LogP contribution in [0.3, 0.4) is 0 Å². The lowest BCUT2D eigenvalue weighted by Gasteiger charge is -2.12. The van der Waals surface area contributed by atoms with Crippen LogP contribution >= 0.6 is 11.3 Å². The van der Waals surface area contributed by atoms with E-state index in [0.29, 0.717) is 22.7 Å². The van der Waals surface area contributed by atoms with Crippen LogP contribution in [0.15, 0.2) is 47.8 Å². The number of thiophene rings is 1. The third kappa shape index (κ3) is 4.67. The number of hydrogen-bond donors (Lipinski definition) is 1. The highest BCUT2D eigenvalue weighted by molar-refractivity contribution is 7.12. The molecule has 1 aromatic heterocycles. The molecule has 0 fully saturated rings. The molecule has 0 aliphatic rings. The zero-order valence-corrected chi connectivity index (χ0v) is 17.3. The molecule has 3 rings (SSSR count). The Kier molecular flexibility index (Phi) is 5.95. The van der Waals surface area contributed by atoms with Crippen LogP contribution in [-0.4, -0.2) is 11.7 Å². The van der Waals surface area contributed by atoms with E-state index in [1.165, 1.54) is 23.8 Å². The van der Waals surface area contributed by atoms with E-state index < -0.39 is 0 Å². The summed E-state index contributed by atoms with van der Waals surface area (Å²) in [4.78, 5) is 24.4. The van der Waals surface area contributed by atoms with Gasteiger partial charge in [0.2, 0.25) is 0 Å². The van der Waals surface area contributed by atoms with Crippen molar-refractivity contribution in [2.24, 2.45) is 0 Å². The van der Waals surface area contributed by atoms with Crippen LogP contribution in [0.25, 0.3) is 0 Å². The highest BCUT2D eigenvalue weighted by Crippen LogP contribution is 2.26. The van der Waals surface area contributed by atoms with Crippen molar-refractivity contribution in [2.75, 3.05) is 5.32 Å². The molecular weight excluding hydrogens is 370 g/mol. The smallest absolute Gasteiger partial charge is 0.265 e. The molecule has 1 N–H and O–H groups in total. The molecule has 0 bridgehead atoms. The molecule has 5 heteroatoms. The molecule has 0 saturated carbocycles. The van der Waals surface area contributed by atoms with Crippen molar-refractivity contribution in [1.82, 2.24) is 0 Å². The molecule has 0 aliphatic heterocycles. The van der Waals surface area contributed by atoms with Gasteiger partial charge in [-0.3, -0.25) is 9.59 Å². The van der Waals surface area contributed by atoms with Crippen molar-refractivity contribution in [3.05, 3.63) is 80.5 Å². The molecule has 28 heavy (non-hydrogen) atoms. The van der Waals surface area contributed by atoms with Crippen LogP contribution in [0.1, 0.15) is 49.2 Å². The normalized spacial score (nSPS) is 10.6. The van der Waals surface area contributed by atoms with Crippen molar-refractivity contribution in [2.45, 2.75) is 34.3 Å². The number of anilines is 1. The second-order valence-corrected chi connectivity index (χ2v) is 7.83. The summed E-state index contributed by atoms with van der Waals surface area (Å²) in [6, 6.07) is 12.9. The maximum absolute atomic E-state index is 12.5. The van der Waals surface area contributed by atoms with Gasteiger partial charge in [0.1, 0.15) is 12.4 Å².